The van der Waals surface area contributed by atoms with Crippen LogP contribution in [0.3, 0.4) is 0 Å². The second kappa shape index (κ2) is 11.4. The topological polar surface area (TPSA) is 109 Å². The minimum atomic E-state index is -3.30. The highest BCUT2D eigenvalue weighted by Gasteiger charge is 2.28. The van der Waals surface area contributed by atoms with E-state index in [-0.39, 0.29) is 22.8 Å². The molecule has 3 heterocycles. The van der Waals surface area contributed by atoms with Crippen LogP contribution in [0.5, 0.6) is 5.75 Å². The number of nitrogens with zero attached hydrogens (tertiary/aromatic N) is 4. The lowest BCUT2D eigenvalue weighted by Crippen LogP contribution is -2.40. The second-order valence-corrected chi connectivity index (χ2v) is 9.49. The van der Waals surface area contributed by atoms with Gasteiger partial charge in [0.2, 0.25) is 5.82 Å². The predicted octanol–water partition coefficient (Wildman–Crippen LogP) is 5.52. The molecule has 0 aliphatic carbocycles. The van der Waals surface area contributed by atoms with E-state index in [1.54, 1.807) is 17.0 Å². The van der Waals surface area contributed by atoms with Crippen molar-refractivity contribution in [3.8, 4) is 17.0 Å². The van der Waals surface area contributed by atoms with E-state index in [2.05, 4.69) is 20.0 Å². The van der Waals surface area contributed by atoms with Gasteiger partial charge in [-0.05, 0) is 55.2 Å². The molecule has 1 amide bonds. The number of benzene rings is 2. The Bertz CT molecular complexity index is 1620. The average Bonchev–Trinajstić information content (AvgIpc) is 3.40. The van der Waals surface area contributed by atoms with Crippen molar-refractivity contribution in [2.24, 2.45) is 5.92 Å². The van der Waals surface area contributed by atoms with Crippen LogP contribution in [0.2, 0.25) is 0 Å². The molecule has 1 aliphatic heterocycles. The Balaban J connectivity index is 1.39. The maximum atomic E-state index is 14.8. The van der Waals surface area contributed by atoms with Gasteiger partial charge in [0.05, 0.1) is 17.8 Å². The molecule has 0 unspecified atom stereocenters. The first kappa shape index (κ1) is 27.9. The Hall–Kier alpha value is -4.68. The normalized spacial score (nSPS) is 14.0. The summed E-state index contributed by atoms with van der Waals surface area (Å²) in [6.45, 7) is -0.640. The number of rotatable bonds is 8. The van der Waals surface area contributed by atoms with Gasteiger partial charge >= 0.3 is 12.6 Å². The average molecular weight is 572 g/mol. The summed E-state index contributed by atoms with van der Waals surface area (Å²) in [4.78, 5) is 34.7. The van der Waals surface area contributed by atoms with E-state index >= 15 is 0 Å². The maximum Gasteiger partial charge on any atom is 0.387 e. The van der Waals surface area contributed by atoms with Crippen LogP contribution >= 0.6 is 0 Å². The first-order valence-electron chi connectivity index (χ1n) is 12.8. The Morgan fingerprint density at radius 3 is 2.56 bits per heavy atom. The third-order valence-electron chi connectivity index (χ3n) is 7.08. The molecule has 9 nitrogen and oxygen atoms in total. The van der Waals surface area contributed by atoms with Crippen LogP contribution in [0.25, 0.3) is 16.9 Å². The van der Waals surface area contributed by atoms with Crippen LogP contribution < -0.4 is 10.1 Å². The number of imidazole rings is 1. The molecule has 2 N–H and O–H groups in total. The van der Waals surface area contributed by atoms with Crippen molar-refractivity contribution in [1.29, 1.82) is 0 Å². The highest BCUT2D eigenvalue weighted by molar-refractivity contribution is 5.96. The van der Waals surface area contributed by atoms with Gasteiger partial charge in [-0.1, -0.05) is 6.92 Å². The van der Waals surface area contributed by atoms with Crippen molar-refractivity contribution in [3.63, 3.8) is 0 Å². The summed E-state index contributed by atoms with van der Waals surface area (Å²) < 4.78 is 59.7. The molecule has 1 fully saturated rings. The fourth-order valence-corrected chi connectivity index (χ4v) is 4.93. The van der Waals surface area contributed by atoms with Crippen LogP contribution in [0.4, 0.5) is 29.1 Å². The van der Waals surface area contributed by atoms with Crippen LogP contribution in [0.1, 0.15) is 35.7 Å². The minimum absolute atomic E-state index is 0.158. The first-order chi connectivity index (χ1) is 19.7. The number of aromatic nitrogens is 3. The van der Waals surface area contributed by atoms with Crippen molar-refractivity contribution >= 4 is 29.0 Å². The molecule has 0 spiro atoms. The zero-order valence-corrected chi connectivity index (χ0v) is 21.8. The number of nitrogens with one attached hydrogen (secondary N) is 1. The number of aliphatic carboxylic acids is 1. The molecule has 214 valence electrons. The quantitative estimate of drug-likeness (QED) is 0.268. The fraction of sp³-hybridized carbons (Fsp3) is 0.286. The SMILES string of the molecule is CCc1cc(Nc2nccn3c(-c4ccc(OC(F)F)c(F)c4F)cnc23)ccc1C(=O)N1CCC(C(=O)O)CC1. The number of carboxylic acid groups (broad SMARTS) is 1. The second-order valence-electron chi connectivity index (χ2n) is 9.49. The lowest BCUT2D eigenvalue weighted by molar-refractivity contribution is -0.143. The number of alkyl halides is 2. The summed E-state index contributed by atoms with van der Waals surface area (Å²) in [6.07, 6.45) is 5.62. The van der Waals surface area contributed by atoms with Gasteiger partial charge < -0.3 is 20.1 Å². The number of ether oxygens (including phenoxy) is 1. The minimum Gasteiger partial charge on any atom is -0.481 e. The smallest absolute Gasteiger partial charge is 0.387 e. The van der Waals surface area contributed by atoms with Gasteiger partial charge in [-0.25, -0.2) is 14.4 Å². The predicted molar refractivity (Wildman–Crippen MR) is 140 cm³/mol. The standard InChI is InChI=1S/C28H25F4N5O4/c1-2-15-13-17(3-4-18(15)26(38)36-10-7-16(8-11-36)27(39)40)35-24-25-34-14-20(37(25)12-9-33-24)19-5-6-21(41-28(31)32)23(30)22(19)29/h3-6,9,12-14,16,28H,2,7-8,10-11H2,1H3,(H,33,35)(H,39,40). The van der Waals surface area contributed by atoms with Crippen LogP contribution in [-0.2, 0) is 11.2 Å². The number of fused-ring (bicyclic) bond motifs is 1. The number of amides is 1. The van der Waals surface area contributed by atoms with Crippen molar-refractivity contribution in [3.05, 3.63) is 71.7 Å². The zero-order valence-electron chi connectivity index (χ0n) is 21.8. The van der Waals surface area contributed by atoms with Crippen LogP contribution in [0.15, 0.2) is 48.9 Å². The van der Waals surface area contributed by atoms with Crippen LogP contribution in [0, 0.1) is 17.6 Å². The lowest BCUT2D eigenvalue weighted by atomic mass is 9.95. The summed E-state index contributed by atoms with van der Waals surface area (Å²) in [5, 5.41) is 12.4. The highest BCUT2D eigenvalue weighted by Crippen LogP contribution is 2.32. The third kappa shape index (κ3) is 5.52. The molecule has 41 heavy (non-hydrogen) atoms. The first-order valence-corrected chi connectivity index (χ1v) is 12.8. The molecule has 13 heteroatoms. The van der Waals surface area contributed by atoms with E-state index < -0.39 is 35.9 Å². The molecule has 2 aromatic carbocycles. The maximum absolute atomic E-state index is 14.8. The summed E-state index contributed by atoms with van der Waals surface area (Å²) in [5.74, 6) is -4.95. The Morgan fingerprint density at radius 2 is 1.88 bits per heavy atom. The number of piperidine rings is 1. The molecule has 0 atom stereocenters. The molecular weight excluding hydrogens is 546 g/mol. The number of aryl methyl sites for hydroxylation is 1. The molecule has 0 radical (unpaired) electrons. The van der Waals surface area contributed by atoms with Gasteiger partial charge in [0, 0.05) is 42.3 Å². The van der Waals surface area contributed by atoms with Crippen molar-refractivity contribution in [2.75, 3.05) is 18.4 Å². The van der Waals surface area contributed by atoms with Crippen molar-refractivity contribution < 1.29 is 37.0 Å². The van der Waals surface area contributed by atoms with Crippen molar-refractivity contribution in [2.45, 2.75) is 32.8 Å². The number of hydrogen-bond acceptors (Lipinski definition) is 6. The number of halogens is 4. The summed E-state index contributed by atoms with van der Waals surface area (Å²) in [5.41, 5.74) is 2.15. The molecule has 0 bridgehead atoms. The van der Waals surface area contributed by atoms with Crippen LogP contribution in [-0.4, -0.2) is 56.0 Å². The van der Waals surface area contributed by atoms with E-state index in [1.807, 2.05) is 13.0 Å². The summed E-state index contributed by atoms with van der Waals surface area (Å²) >= 11 is 0. The van der Waals surface area contributed by atoms with E-state index in [9.17, 15) is 32.3 Å². The number of carbonyl (C=O) groups excluding carboxylic acids is 1. The number of likely N-dealkylation sites (tertiary alicyclic amines) is 1. The van der Waals surface area contributed by atoms with Gasteiger partial charge in [0.15, 0.2) is 23.0 Å². The van der Waals surface area contributed by atoms with Gasteiger partial charge in [0.25, 0.3) is 5.91 Å². The van der Waals surface area contributed by atoms with Gasteiger partial charge in [0.1, 0.15) is 0 Å². The molecule has 2 aromatic heterocycles. The number of carboxylic acids is 1. The summed E-state index contributed by atoms with van der Waals surface area (Å²) in [7, 11) is 0. The molecule has 4 aromatic rings. The zero-order chi connectivity index (χ0) is 29.3. The summed E-state index contributed by atoms with van der Waals surface area (Å²) in [6, 6.07) is 7.26. The Kier molecular flexibility index (Phi) is 7.77. The largest absolute Gasteiger partial charge is 0.481 e. The van der Waals surface area contributed by atoms with E-state index in [1.165, 1.54) is 23.0 Å². The van der Waals surface area contributed by atoms with Crippen molar-refractivity contribution in [1.82, 2.24) is 19.3 Å². The lowest BCUT2D eigenvalue weighted by Gasteiger charge is -2.30. The van der Waals surface area contributed by atoms with E-state index in [0.29, 0.717) is 49.4 Å². The molecule has 1 saturated heterocycles. The molecule has 1 aliphatic rings. The molecule has 0 saturated carbocycles. The number of carbonyl (C=O) groups is 2. The fourth-order valence-electron chi connectivity index (χ4n) is 4.93. The van der Waals surface area contributed by atoms with Gasteiger partial charge in [-0.2, -0.15) is 13.2 Å². The van der Waals surface area contributed by atoms with E-state index in [0.717, 1.165) is 17.7 Å². The third-order valence-corrected chi connectivity index (χ3v) is 7.08. The highest BCUT2D eigenvalue weighted by atomic mass is 19.3. The molecular formula is C28H25F4N5O4. The Labute approximate surface area is 231 Å². The molecule has 5 rings (SSSR count). The van der Waals surface area contributed by atoms with Gasteiger partial charge in [-0.3, -0.25) is 14.0 Å². The number of anilines is 2. The van der Waals surface area contributed by atoms with Gasteiger partial charge in [-0.15, -0.1) is 0 Å². The number of hydrogen-bond donors (Lipinski definition) is 2. The van der Waals surface area contributed by atoms with E-state index in [4.69, 9.17) is 0 Å². The monoisotopic (exact) mass is 571 g/mol. The Morgan fingerprint density at radius 1 is 1.12 bits per heavy atom.